The number of piperidine rings is 1. The number of ether oxygens (including phenoxy) is 1. The highest BCUT2D eigenvalue weighted by molar-refractivity contribution is 6.00. The van der Waals surface area contributed by atoms with Gasteiger partial charge < -0.3 is 19.7 Å². The van der Waals surface area contributed by atoms with E-state index in [0.29, 0.717) is 42.2 Å². The molecule has 6 heteroatoms. The van der Waals surface area contributed by atoms with Crippen LogP contribution in [0.3, 0.4) is 0 Å². The van der Waals surface area contributed by atoms with Crippen molar-refractivity contribution in [3.05, 3.63) is 58.4 Å². The summed E-state index contributed by atoms with van der Waals surface area (Å²) in [6.45, 7) is 6.77. The van der Waals surface area contributed by atoms with Crippen LogP contribution in [0.2, 0.25) is 0 Å². The molecule has 3 rings (SSSR count). The highest BCUT2D eigenvalue weighted by Gasteiger charge is 2.31. The summed E-state index contributed by atoms with van der Waals surface area (Å²) < 4.78 is 5.10. The maximum atomic E-state index is 13.0. The van der Waals surface area contributed by atoms with Gasteiger partial charge in [-0.2, -0.15) is 0 Å². The summed E-state index contributed by atoms with van der Waals surface area (Å²) >= 11 is 0. The number of carbonyl (C=O) groups is 2. The molecule has 28 heavy (non-hydrogen) atoms. The first-order valence-corrected chi connectivity index (χ1v) is 9.82. The third-order valence-electron chi connectivity index (χ3n) is 5.55. The molecule has 0 radical (unpaired) electrons. The van der Waals surface area contributed by atoms with Gasteiger partial charge in [0.2, 0.25) is 0 Å². The maximum Gasteiger partial charge on any atom is 0.340 e. The molecule has 1 atom stereocenters. The Morgan fingerprint density at radius 3 is 2.46 bits per heavy atom. The van der Waals surface area contributed by atoms with Crippen LogP contribution in [0.4, 0.5) is 0 Å². The van der Waals surface area contributed by atoms with E-state index in [0.717, 1.165) is 18.4 Å². The summed E-state index contributed by atoms with van der Waals surface area (Å²) in [5, 5.41) is 10.6. The van der Waals surface area contributed by atoms with E-state index < -0.39 is 12.1 Å². The summed E-state index contributed by atoms with van der Waals surface area (Å²) in [6.07, 6.45) is 0.972. The quantitative estimate of drug-likeness (QED) is 0.774. The summed E-state index contributed by atoms with van der Waals surface area (Å²) in [7, 11) is 0. The Hall–Kier alpha value is -2.60. The van der Waals surface area contributed by atoms with Crippen LogP contribution in [0.15, 0.2) is 30.3 Å². The van der Waals surface area contributed by atoms with Crippen LogP contribution in [0, 0.1) is 19.8 Å². The van der Waals surface area contributed by atoms with Crippen molar-refractivity contribution >= 4 is 11.9 Å². The lowest BCUT2D eigenvalue weighted by Crippen LogP contribution is -2.40. The molecule has 0 aliphatic carbocycles. The molecule has 150 valence electrons. The number of aryl methyl sites for hydroxylation is 1. The first-order valence-electron chi connectivity index (χ1n) is 9.82. The van der Waals surface area contributed by atoms with Gasteiger partial charge in [-0.05, 0) is 50.7 Å². The maximum absolute atomic E-state index is 13.0. The lowest BCUT2D eigenvalue weighted by molar-refractivity contribution is 0.0458. The minimum absolute atomic E-state index is 0.108. The molecule has 0 bridgehead atoms. The number of rotatable bonds is 5. The number of aromatic amines is 1. The summed E-state index contributed by atoms with van der Waals surface area (Å²) in [5.74, 6) is -0.380. The van der Waals surface area contributed by atoms with Gasteiger partial charge in [0.05, 0.1) is 18.3 Å². The minimum atomic E-state index is -0.511. The van der Waals surface area contributed by atoms with Crippen molar-refractivity contribution in [1.29, 1.82) is 0 Å². The van der Waals surface area contributed by atoms with Crippen LogP contribution in [-0.2, 0) is 4.74 Å². The molecule has 1 fully saturated rings. The predicted molar refractivity (Wildman–Crippen MR) is 106 cm³/mol. The zero-order valence-corrected chi connectivity index (χ0v) is 16.7. The fourth-order valence-electron chi connectivity index (χ4n) is 3.97. The number of nitrogens with zero attached hydrogens (tertiary/aromatic N) is 1. The molecule has 1 aliphatic rings. The molecule has 1 amide bonds. The molecule has 1 aliphatic heterocycles. The van der Waals surface area contributed by atoms with Crippen LogP contribution >= 0.6 is 0 Å². The van der Waals surface area contributed by atoms with Gasteiger partial charge in [0.15, 0.2) is 0 Å². The van der Waals surface area contributed by atoms with Crippen LogP contribution in [0.5, 0.6) is 0 Å². The van der Waals surface area contributed by atoms with Gasteiger partial charge in [-0.15, -0.1) is 0 Å². The Bertz CT molecular complexity index is 836. The molecular formula is C22H28N2O4. The largest absolute Gasteiger partial charge is 0.462 e. The molecule has 1 aromatic heterocycles. The smallest absolute Gasteiger partial charge is 0.340 e. The summed E-state index contributed by atoms with van der Waals surface area (Å²) in [5.41, 5.74) is 3.09. The van der Waals surface area contributed by atoms with E-state index in [1.807, 2.05) is 30.3 Å². The SMILES string of the molecule is CCOC(=O)c1c(C)[nH]c(C(=O)N2CCC(C(O)c3ccccc3)CC2)c1C. The number of H-pyrrole nitrogens is 1. The van der Waals surface area contributed by atoms with Crippen molar-refractivity contribution in [3.8, 4) is 0 Å². The zero-order valence-electron chi connectivity index (χ0n) is 16.7. The number of carbonyl (C=O) groups excluding carboxylic acids is 2. The fourth-order valence-corrected chi connectivity index (χ4v) is 3.97. The molecule has 1 saturated heterocycles. The number of aliphatic hydroxyl groups is 1. The highest BCUT2D eigenvalue weighted by atomic mass is 16.5. The Morgan fingerprint density at radius 2 is 1.86 bits per heavy atom. The Balaban J connectivity index is 1.67. The number of aliphatic hydroxyl groups excluding tert-OH is 1. The Labute approximate surface area is 165 Å². The van der Waals surface area contributed by atoms with Crippen molar-refractivity contribution in [2.24, 2.45) is 5.92 Å². The molecule has 1 unspecified atom stereocenters. The van der Waals surface area contributed by atoms with Crippen molar-refractivity contribution in [1.82, 2.24) is 9.88 Å². The third kappa shape index (κ3) is 3.97. The monoisotopic (exact) mass is 384 g/mol. The number of amides is 1. The van der Waals surface area contributed by atoms with Crippen molar-refractivity contribution in [2.75, 3.05) is 19.7 Å². The van der Waals surface area contributed by atoms with Gasteiger partial charge in [-0.25, -0.2) is 4.79 Å². The first-order chi connectivity index (χ1) is 13.4. The molecule has 0 spiro atoms. The Kier molecular flexibility index (Phi) is 6.19. The lowest BCUT2D eigenvalue weighted by Gasteiger charge is -2.34. The second-order valence-electron chi connectivity index (χ2n) is 7.33. The standard InChI is InChI=1S/C22H28N2O4/c1-4-28-22(27)18-14(2)19(23-15(18)3)21(26)24-12-10-17(11-13-24)20(25)16-8-6-5-7-9-16/h5-9,17,20,23,25H,4,10-13H2,1-3H3. The normalized spacial score (nSPS) is 16.1. The number of benzene rings is 1. The number of nitrogens with one attached hydrogen (secondary N) is 1. The van der Waals surface area contributed by atoms with E-state index in [4.69, 9.17) is 4.74 Å². The second-order valence-corrected chi connectivity index (χ2v) is 7.33. The van der Waals surface area contributed by atoms with Gasteiger partial charge in [0.25, 0.3) is 5.91 Å². The highest BCUT2D eigenvalue weighted by Crippen LogP contribution is 2.31. The van der Waals surface area contributed by atoms with Crippen molar-refractivity contribution < 1.29 is 19.4 Å². The van der Waals surface area contributed by atoms with Crippen LogP contribution < -0.4 is 0 Å². The minimum Gasteiger partial charge on any atom is -0.462 e. The van der Waals surface area contributed by atoms with E-state index in [1.165, 1.54) is 0 Å². The van der Waals surface area contributed by atoms with Crippen molar-refractivity contribution in [2.45, 2.75) is 39.7 Å². The first kappa shape index (κ1) is 20.1. The lowest BCUT2D eigenvalue weighted by atomic mass is 9.87. The molecule has 1 aromatic carbocycles. The van der Waals surface area contributed by atoms with E-state index in [2.05, 4.69) is 4.98 Å². The number of hydrogen-bond donors (Lipinski definition) is 2. The molecule has 6 nitrogen and oxygen atoms in total. The van der Waals surface area contributed by atoms with E-state index in [-0.39, 0.29) is 11.8 Å². The van der Waals surface area contributed by atoms with E-state index in [9.17, 15) is 14.7 Å². The molecular weight excluding hydrogens is 356 g/mol. The van der Waals surface area contributed by atoms with Gasteiger partial charge >= 0.3 is 5.97 Å². The fraction of sp³-hybridized carbons (Fsp3) is 0.455. The van der Waals surface area contributed by atoms with Gasteiger partial charge in [-0.1, -0.05) is 30.3 Å². The molecule has 0 saturated carbocycles. The summed E-state index contributed by atoms with van der Waals surface area (Å²) in [6, 6.07) is 9.65. The van der Waals surface area contributed by atoms with Gasteiger partial charge in [0, 0.05) is 18.8 Å². The second kappa shape index (κ2) is 8.61. The Morgan fingerprint density at radius 1 is 1.21 bits per heavy atom. The van der Waals surface area contributed by atoms with Crippen LogP contribution in [-0.4, -0.2) is 46.6 Å². The molecule has 2 aromatic rings. The number of hydrogen-bond acceptors (Lipinski definition) is 4. The average molecular weight is 384 g/mol. The molecule has 2 heterocycles. The van der Waals surface area contributed by atoms with Gasteiger partial charge in [0.1, 0.15) is 5.69 Å². The number of aromatic nitrogens is 1. The van der Waals surface area contributed by atoms with Crippen molar-refractivity contribution in [3.63, 3.8) is 0 Å². The van der Waals surface area contributed by atoms with Gasteiger partial charge in [-0.3, -0.25) is 4.79 Å². The average Bonchev–Trinajstić information content (AvgIpc) is 3.02. The van der Waals surface area contributed by atoms with Crippen LogP contribution in [0.25, 0.3) is 0 Å². The van der Waals surface area contributed by atoms with E-state index in [1.54, 1.807) is 25.7 Å². The topological polar surface area (TPSA) is 82.6 Å². The van der Waals surface area contributed by atoms with Crippen LogP contribution in [0.1, 0.15) is 63.5 Å². The summed E-state index contributed by atoms with van der Waals surface area (Å²) in [4.78, 5) is 30.0. The number of likely N-dealkylation sites (tertiary alicyclic amines) is 1. The number of esters is 1. The molecule has 2 N–H and O–H groups in total. The predicted octanol–water partition coefficient (Wildman–Crippen LogP) is 3.39. The zero-order chi connectivity index (χ0) is 20.3. The van der Waals surface area contributed by atoms with E-state index >= 15 is 0 Å². The third-order valence-corrected chi connectivity index (χ3v) is 5.55.